The van der Waals surface area contributed by atoms with E-state index in [0.717, 1.165) is 30.5 Å². The summed E-state index contributed by atoms with van der Waals surface area (Å²) in [6.45, 7) is 6.37. The largest absolute Gasteiger partial charge is 0.496 e. The SMILES string of the molecule is CCNC(=NCc1ccccn1)NCC(C)c1ccccc1OC.I. The van der Waals surface area contributed by atoms with E-state index in [-0.39, 0.29) is 24.0 Å². The van der Waals surface area contributed by atoms with Crippen molar-refractivity contribution in [2.45, 2.75) is 26.3 Å². The third-order valence-corrected chi connectivity index (χ3v) is 3.72. The molecule has 25 heavy (non-hydrogen) atoms. The van der Waals surface area contributed by atoms with Crippen LogP contribution in [0.15, 0.2) is 53.7 Å². The maximum absolute atomic E-state index is 5.44. The number of rotatable bonds is 7. The first kappa shape index (κ1) is 21.2. The van der Waals surface area contributed by atoms with Gasteiger partial charge in [-0.05, 0) is 30.7 Å². The summed E-state index contributed by atoms with van der Waals surface area (Å²) in [6, 6.07) is 14.0. The third-order valence-electron chi connectivity index (χ3n) is 3.72. The standard InChI is InChI=1S/C19H26N4O.HI/c1-4-20-19(23-14-16-9-7-8-12-21-16)22-13-15(2)17-10-5-6-11-18(17)24-3;/h5-12,15H,4,13-14H2,1-3H3,(H2,20,22,23);1H. The van der Waals surface area contributed by atoms with E-state index >= 15 is 0 Å². The Kier molecular flexibility index (Phi) is 9.91. The third kappa shape index (κ3) is 6.89. The Morgan fingerprint density at radius 3 is 2.60 bits per heavy atom. The van der Waals surface area contributed by atoms with Crippen molar-refractivity contribution < 1.29 is 4.74 Å². The lowest BCUT2D eigenvalue weighted by Crippen LogP contribution is -2.39. The van der Waals surface area contributed by atoms with Crippen LogP contribution in [0.25, 0.3) is 0 Å². The maximum atomic E-state index is 5.44. The van der Waals surface area contributed by atoms with Crippen molar-refractivity contribution in [2.24, 2.45) is 4.99 Å². The van der Waals surface area contributed by atoms with E-state index in [4.69, 9.17) is 4.74 Å². The highest BCUT2D eigenvalue weighted by atomic mass is 127. The molecule has 0 aliphatic carbocycles. The van der Waals surface area contributed by atoms with Crippen molar-refractivity contribution in [3.63, 3.8) is 0 Å². The second-order valence-electron chi connectivity index (χ2n) is 5.54. The molecule has 0 spiro atoms. The molecule has 0 saturated heterocycles. The number of pyridine rings is 1. The molecule has 0 bridgehead atoms. The Bertz CT molecular complexity index is 649. The van der Waals surface area contributed by atoms with Gasteiger partial charge in [0, 0.05) is 25.2 Å². The van der Waals surface area contributed by atoms with Gasteiger partial charge in [0.25, 0.3) is 0 Å². The molecule has 2 rings (SSSR count). The number of nitrogens with one attached hydrogen (secondary N) is 2. The Hall–Kier alpha value is -1.83. The van der Waals surface area contributed by atoms with Crippen LogP contribution in [0.2, 0.25) is 0 Å². The van der Waals surface area contributed by atoms with Gasteiger partial charge in [-0.1, -0.05) is 31.2 Å². The molecule has 0 aliphatic heterocycles. The molecule has 1 unspecified atom stereocenters. The topological polar surface area (TPSA) is 58.5 Å². The predicted octanol–water partition coefficient (Wildman–Crippen LogP) is 3.57. The molecule has 2 N–H and O–H groups in total. The quantitative estimate of drug-likeness (QED) is 0.382. The van der Waals surface area contributed by atoms with Crippen LogP contribution in [0.1, 0.15) is 31.0 Å². The van der Waals surface area contributed by atoms with Gasteiger partial charge in [-0.25, -0.2) is 4.99 Å². The average Bonchev–Trinajstić information content (AvgIpc) is 2.64. The van der Waals surface area contributed by atoms with Crippen LogP contribution in [0.5, 0.6) is 5.75 Å². The minimum Gasteiger partial charge on any atom is -0.496 e. The van der Waals surface area contributed by atoms with Gasteiger partial charge in [-0.15, -0.1) is 24.0 Å². The van der Waals surface area contributed by atoms with E-state index in [1.54, 1.807) is 13.3 Å². The number of benzene rings is 1. The van der Waals surface area contributed by atoms with Gasteiger partial charge in [-0.2, -0.15) is 0 Å². The van der Waals surface area contributed by atoms with Crippen molar-refractivity contribution >= 4 is 29.9 Å². The van der Waals surface area contributed by atoms with Crippen LogP contribution < -0.4 is 15.4 Å². The number of ether oxygens (including phenoxy) is 1. The highest BCUT2D eigenvalue weighted by Crippen LogP contribution is 2.25. The van der Waals surface area contributed by atoms with Gasteiger partial charge in [-0.3, -0.25) is 4.98 Å². The Labute approximate surface area is 167 Å². The fraction of sp³-hybridized carbons (Fsp3) is 0.368. The van der Waals surface area contributed by atoms with E-state index in [1.807, 2.05) is 36.4 Å². The predicted molar refractivity (Wildman–Crippen MR) is 114 cm³/mol. The zero-order chi connectivity index (χ0) is 17.2. The normalized spacial score (nSPS) is 12.0. The average molecular weight is 454 g/mol. The highest BCUT2D eigenvalue weighted by molar-refractivity contribution is 14.0. The summed E-state index contributed by atoms with van der Waals surface area (Å²) in [4.78, 5) is 8.89. The van der Waals surface area contributed by atoms with Gasteiger partial charge in [0.1, 0.15) is 5.75 Å². The first-order chi connectivity index (χ1) is 11.7. The number of aliphatic imine (C=N–C) groups is 1. The van der Waals surface area contributed by atoms with Crippen LogP contribution in [-0.4, -0.2) is 31.1 Å². The molecule has 136 valence electrons. The van der Waals surface area contributed by atoms with Gasteiger partial charge >= 0.3 is 0 Å². The summed E-state index contributed by atoms with van der Waals surface area (Å²) in [5.41, 5.74) is 2.14. The van der Waals surface area contributed by atoms with Crippen molar-refractivity contribution in [3.8, 4) is 5.75 Å². The fourth-order valence-electron chi connectivity index (χ4n) is 2.43. The molecule has 0 radical (unpaired) electrons. The van der Waals surface area contributed by atoms with Crippen LogP contribution in [0, 0.1) is 0 Å². The summed E-state index contributed by atoms with van der Waals surface area (Å²) in [7, 11) is 1.71. The summed E-state index contributed by atoms with van der Waals surface area (Å²) < 4.78 is 5.44. The molecular weight excluding hydrogens is 427 g/mol. The Morgan fingerprint density at radius 1 is 1.16 bits per heavy atom. The van der Waals surface area contributed by atoms with Gasteiger partial charge in [0.05, 0.1) is 19.3 Å². The molecule has 2 aromatic rings. The molecular formula is C19H27IN4O. The fourth-order valence-corrected chi connectivity index (χ4v) is 2.43. The van der Waals surface area contributed by atoms with E-state index in [2.05, 4.69) is 40.5 Å². The van der Waals surface area contributed by atoms with Gasteiger partial charge < -0.3 is 15.4 Å². The van der Waals surface area contributed by atoms with Crippen molar-refractivity contribution in [1.82, 2.24) is 15.6 Å². The molecule has 1 aromatic carbocycles. The summed E-state index contributed by atoms with van der Waals surface area (Å²) in [5, 5.41) is 6.66. The minimum absolute atomic E-state index is 0. The molecule has 1 heterocycles. The molecule has 0 fully saturated rings. The summed E-state index contributed by atoms with van der Waals surface area (Å²) in [5.74, 6) is 2.02. The number of para-hydroxylation sites is 1. The van der Waals surface area contributed by atoms with Crippen LogP contribution in [0.4, 0.5) is 0 Å². The molecule has 0 amide bonds. The smallest absolute Gasteiger partial charge is 0.191 e. The number of nitrogens with zero attached hydrogens (tertiary/aromatic N) is 2. The number of guanidine groups is 1. The first-order valence-corrected chi connectivity index (χ1v) is 8.29. The van der Waals surface area contributed by atoms with Crippen LogP contribution >= 0.6 is 24.0 Å². The highest BCUT2D eigenvalue weighted by Gasteiger charge is 2.11. The van der Waals surface area contributed by atoms with E-state index in [0.29, 0.717) is 12.5 Å². The zero-order valence-electron chi connectivity index (χ0n) is 15.0. The second kappa shape index (κ2) is 11.7. The first-order valence-electron chi connectivity index (χ1n) is 8.29. The molecule has 5 nitrogen and oxygen atoms in total. The summed E-state index contributed by atoms with van der Waals surface area (Å²) in [6.07, 6.45) is 1.79. The maximum Gasteiger partial charge on any atom is 0.191 e. The Morgan fingerprint density at radius 2 is 1.92 bits per heavy atom. The van der Waals surface area contributed by atoms with E-state index < -0.39 is 0 Å². The number of aromatic nitrogens is 1. The number of hydrogen-bond donors (Lipinski definition) is 2. The number of halogens is 1. The van der Waals surface area contributed by atoms with Crippen molar-refractivity contribution in [1.29, 1.82) is 0 Å². The molecule has 1 aromatic heterocycles. The molecule has 1 atom stereocenters. The lowest BCUT2D eigenvalue weighted by Gasteiger charge is -2.18. The van der Waals surface area contributed by atoms with E-state index in [1.165, 1.54) is 5.56 Å². The lowest BCUT2D eigenvalue weighted by atomic mass is 10.0. The number of methoxy groups -OCH3 is 1. The summed E-state index contributed by atoms with van der Waals surface area (Å²) >= 11 is 0. The number of hydrogen-bond acceptors (Lipinski definition) is 3. The molecule has 6 heteroatoms. The molecule has 0 aliphatic rings. The second-order valence-corrected chi connectivity index (χ2v) is 5.54. The van der Waals surface area contributed by atoms with E-state index in [9.17, 15) is 0 Å². The lowest BCUT2D eigenvalue weighted by molar-refractivity contribution is 0.406. The van der Waals surface area contributed by atoms with Gasteiger partial charge in [0.2, 0.25) is 0 Å². The van der Waals surface area contributed by atoms with Crippen molar-refractivity contribution in [3.05, 3.63) is 59.9 Å². The monoisotopic (exact) mass is 454 g/mol. The minimum atomic E-state index is 0. The molecule has 0 saturated carbocycles. The zero-order valence-corrected chi connectivity index (χ0v) is 17.4. The van der Waals surface area contributed by atoms with Crippen LogP contribution in [0.3, 0.4) is 0 Å². The van der Waals surface area contributed by atoms with Gasteiger partial charge in [0.15, 0.2) is 5.96 Å². The van der Waals surface area contributed by atoms with Crippen molar-refractivity contribution in [2.75, 3.05) is 20.2 Å². The van der Waals surface area contributed by atoms with Crippen LogP contribution in [-0.2, 0) is 6.54 Å². The Balaban J connectivity index is 0.00000312.